The molecule has 0 aliphatic heterocycles. The molecule has 0 saturated carbocycles. The Morgan fingerprint density at radius 3 is 2.09 bits per heavy atom. The molecule has 0 amide bonds. The molecule has 0 saturated heterocycles. The van der Waals surface area contributed by atoms with E-state index in [1.165, 1.54) is 6.40 Å². The van der Waals surface area contributed by atoms with Crippen LogP contribution in [-0.2, 0) is 9.53 Å². The van der Waals surface area contributed by atoms with Crippen molar-refractivity contribution in [1.29, 1.82) is 0 Å². The normalized spacial score (nSPS) is 10.6. The van der Waals surface area contributed by atoms with Gasteiger partial charge in [-0.05, 0) is 20.8 Å². The molecule has 3 nitrogen and oxygen atoms in total. The van der Waals surface area contributed by atoms with Gasteiger partial charge >= 0.3 is 12.4 Å². The smallest absolute Gasteiger partial charge is 0.331 e. The van der Waals surface area contributed by atoms with Gasteiger partial charge in [-0.25, -0.2) is 4.58 Å². The van der Waals surface area contributed by atoms with E-state index in [1.807, 2.05) is 20.8 Å². The van der Waals surface area contributed by atoms with Crippen molar-refractivity contribution in [2.75, 3.05) is 14.1 Å². The summed E-state index contributed by atoms with van der Waals surface area (Å²) in [5, 5.41) is 0. The number of ether oxygens (including phenoxy) is 1. The number of hydrogen-bond donors (Lipinski definition) is 0. The Morgan fingerprint density at radius 2 is 1.82 bits per heavy atom. The third-order valence-corrected chi connectivity index (χ3v) is 0.983. The lowest BCUT2D eigenvalue weighted by Crippen LogP contribution is -2.23. The SMILES string of the molecule is C[N+](C)=COC(=O)C(C)(C)C. The highest BCUT2D eigenvalue weighted by Gasteiger charge is 2.23. The van der Waals surface area contributed by atoms with Gasteiger partial charge in [0.05, 0.1) is 5.41 Å². The van der Waals surface area contributed by atoms with Crippen molar-refractivity contribution >= 4 is 12.4 Å². The third kappa shape index (κ3) is 4.53. The summed E-state index contributed by atoms with van der Waals surface area (Å²) in [4.78, 5) is 11.1. The van der Waals surface area contributed by atoms with Gasteiger partial charge in [-0.1, -0.05) is 0 Å². The predicted molar refractivity (Wildman–Crippen MR) is 43.7 cm³/mol. The van der Waals surface area contributed by atoms with E-state index in [4.69, 9.17) is 4.74 Å². The molecule has 0 aromatic carbocycles. The van der Waals surface area contributed by atoms with E-state index in [0.29, 0.717) is 0 Å². The fourth-order valence-electron chi connectivity index (χ4n) is 0.330. The molecule has 0 radical (unpaired) electrons. The first-order chi connectivity index (χ1) is 4.84. The molecule has 0 atom stereocenters. The van der Waals surface area contributed by atoms with E-state index in [2.05, 4.69) is 0 Å². The van der Waals surface area contributed by atoms with Crippen LogP contribution < -0.4 is 0 Å². The Hall–Kier alpha value is -0.860. The van der Waals surface area contributed by atoms with Gasteiger partial charge in [-0.3, -0.25) is 4.79 Å². The van der Waals surface area contributed by atoms with Crippen molar-refractivity contribution in [2.45, 2.75) is 20.8 Å². The van der Waals surface area contributed by atoms with Gasteiger partial charge in [0.1, 0.15) is 14.1 Å². The Balaban J connectivity index is 4.01. The van der Waals surface area contributed by atoms with E-state index in [9.17, 15) is 4.79 Å². The summed E-state index contributed by atoms with van der Waals surface area (Å²) in [6.07, 6.45) is 1.40. The molecule has 0 aliphatic rings. The van der Waals surface area contributed by atoms with Crippen molar-refractivity contribution in [2.24, 2.45) is 5.41 Å². The van der Waals surface area contributed by atoms with Crippen molar-refractivity contribution in [3.05, 3.63) is 0 Å². The summed E-state index contributed by atoms with van der Waals surface area (Å²) in [7, 11) is 3.60. The highest BCUT2D eigenvalue weighted by atomic mass is 16.5. The fourth-order valence-corrected chi connectivity index (χ4v) is 0.330. The third-order valence-electron chi connectivity index (χ3n) is 0.983. The summed E-state index contributed by atoms with van der Waals surface area (Å²) in [5.74, 6) is -0.216. The largest absolute Gasteiger partial charge is 0.376 e. The molecule has 0 aromatic heterocycles. The van der Waals surface area contributed by atoms with Gasteiger partial charge in [0.25, 0.3) is 0 Å². The molecule has 0 aliphatic carbocycles. The van der Waals surface area contributed by atoms with E-state index < -0.39 is 5.41 Å². The van der Waals surface area contributed by atoms with Gasteiger partial charge in [0, 0.05) is 0 Å². The minimum Gasteiger partial charge on any atom is -0.376 e. The highest BCUT2D eigenvalue weighted by molar-refractivity contribution is 5.81. The summed E-state index contributed by atoms with van der Waals surface area (Å²) in [6.45, 7) is 5.45. The minimum absolute atomic E-state index is 0.216. The zero-order valence-corrected chi connectivity index (χ0v) is 7.84. The monoisotopic (exact) mass is 158 g/mol. The Morgan fingerprint density at radius 1 is 1.36 bits per heavy atom. The molecule has 0 bridgehead atoms. The molecule has 0 aromatic rings. The van der Waals surface area contributed by atoms with Crippen LogP contribution in [0, 0.1) is 5.41 Å². The van der Waals surface area contributed by atoms with Crippen LogP contribution in [0.25, 0.3) is 0 Å². The zero-order chi connectivity index (χ0) is 9.07. The number of rotatable bonds is 1. The highest BCUT2D eigenvalue weighted by Crippen LogP contribution is 2.13. The van der Waals surface area contributed by atoms with E-state index in [-0.39, 0.29) is 5.97 Å². The van der Waals surface area contributed by atoms with Crippen molar-refractivity contribution in [1.82, 2.24) is 0 Å². The van der Waals surface area contributed by atoms with E-state index in [0.717, 1.165) is 0 Å². The molecular weight excluding hydrogens is 142 g/mol. The lowest BCUT2D eigenvalue weighted by Gasteiger charge is -2.12. The minimum atomic E-state index is -0.424. The average molecular weight is 158 g/mol. The van der Waals surface area contributed by atoms with Gasteiger partial charge in [0.15, 0.2) is 0 Å². The molecule has 3 heteroatoms. The van der Waals surface area contributed by atoms with Crippen molar-refractivity contribution < 1.29 is 14.1 Å². The zero-order valence-electron chi connectivity index (χ0n) is 7.84. The van der Waals surface area contributed by atoms with Gasteiger partial charge in [-0.2, -0.15) is 0 Å². The molecule has 11 heavy (non-hydrogen) atoms. The van der Waals surface area contributed by atoms with Crippen LogP contribution in [0.1, 0.15) is 20.8 Å². The second kappa shape index (κ2) is 3.51. The number of nitrogens with zero attached hydrogens (tertiary/aromatic N) is 1. The van der Waals surface area contributed by atoms with Gasteiger partial charge < -0.3 is 4.74 Å². The standard InChI is InChI=1S/C8H16NO2/c1-8(2,3)7(10)11-6-9(4)5/h6H,1-5H3/q+1. The summed E-state index contributed by atoms with van der Waals surface area (Å²) in [6, 6.07) is 0. The van der Waals surface area contributed by atoms with E-state index in [1.54, 1.807) is 18.7 Å². The summed E-state index contributed by atoms with van der Waals surface area (Å²) < 4.78 is 6.51. The van der Waals surface area contributed by atoms with Crippen LogP contribution in [-0.4, -0.2) is 31.0 Å². The quantitative estimate of drug-likeness (QED) is 0.245. The predicted octanol–water partition coefficient (Wildman–Crippen LogP) is 0.876. The molecule has 0 heterocycles. The summed E-state index contributed by atoms with van der Waals surface area (Å²) >= 11 is 0. The fraction of sp³-hybridized carbons (Fsp3) is 0.750. The average Bonchev–Trinajstić information content (AvgIpc) is 1.80. The number of carbonyl (C=O) groups excluding carboxylic acids is 1. The van der Waals surface area contributed by atoms with Gasteiger partial charge in [0.2, 0.25) is 0 Å². The molecule has 0 spiro atoms. The van der Waals surface area contributed by atoms with Crippen molar-refractivity contribution in [3.8, 4) is 0 Å². The van der Waals surface area contributed by atoms with Crippen LogP contribution in [0.15, 0.2) is 0 Å². The Kier molecular flexibility index (Phi) is 3.23. The Bertz CT molecular complexity index is 173. The molecule has 0 unspecified atom stereocenters. The molecule has 0 rings (SSSR count). The first kappa shape index (κ1) is 10.1. The molecule has 0 N–H and O–H groups in total. The lowest BCUT2D eigenvalue weighted by atomic mass is 9.98. The van der Waals surface area contributed by atoms with Crippen LogP contribution in [0.5, 0.6) is 0 Å². The number of esters is 1. The Labute approximate surface area is 67.7 Å². The molecule has 0 fully saturated rings. The van der Waals surface area contributed by atoms with Crippen molar-refractivity contribution in [3.63, 3.8) is 0 Å². The van der Waals surface area contributed by atoms with Crippen LogP contribution in [0.2, 0.25) is 0 Å². The topological polar surface area (TPSA) is 29.3 Å². The number of carbonyl (C=O) groups is 1. The summed E-state index contributed by atoms with van der Waals surface area (Å²) in [5.41, 5.74) is -0.424. The number of hydrogen-bond acceptors (Lipinski definition) is 2. The first-order valence-corrected chi connectivity index (χ1v) is 3.55. The van der Waals surface area contributed by atoms with E-state index >= 15 is 0 Å². The second-order valence-corrected chi connectivity index (χ2v) is 3.72. The van der Waals surface area contributed by atoms with Gasteiger partial charge in [-0.15, -0.1) is 0 Å². The maximum absolute atomic E-state index is 11.1. The lowest BCUT2D eigenvalue weighted by molar-refractivity contribution is -0.467. The van der Waals surface area contributed by atoms with Crippen LogP contribution >= 0.6 is 0 Å². The van der Waals surface area contributed by atoms with Crippen LogP contribution in [0.4, 0.5) is 0 Å². The first-order valence-electron chi connectivity index (χ1n) is 3.55. The maximum atomic E-state index is 11.1. The second-order valence-electron chi connectivity index (χ2n) is 3.72. The maximum Gasteiger partial charge on any atom is 0.331 e. The molecular formula is C8H16NO2+. The van der Waals surface area contributed by atoms with Crippen LogP contribution in [0.3, 0.4) is 0 Å². The molecule has 64 valence electrons.